The van der Waals surface area contributed by atoms with Crippen molar-refractivity contribution in [1.82, 2.24) is 9.97 Å². The predicted octanol–water partition coefficient (Wildman–Crippen LogP) is 5.49. The number of ether oxygens (including phenoxy) is 1. The van der Waals surface area contributed by atoms with Gasteiger partial charge in [-0.15, -0.1) is 0 Å². The number of nitrogens with zero attached hydrogens (tertiary/aromatic N) is 3. The smallest absolute Gasteiger partial charge is 0.270 e. The van der Waals surface area contributed by atoms with E-state index in [1.54, 1.807) is 18.3 Å². The van der Waals surface area contributed by atoms with Gasteiger partial charge in [0.05, 0.1) is 18.5 Å². The number of benzene rings is 2. The summed E-state index contributed by atoms with van der Waals surface area (Å²) < 4.78 is 5.80. The quantitative estimate of drug-likeness (QED) is 0.219. The summed E-state index contributed by atoms with van der Waals surface area (Å²) in [5, 5.41) is 13.5. The molecule has 0 aliphatic heterocycles. The molecule has 1 heterocycles. The largest absolute Gasteiger partial charge is 0.494 e. The van der Waals surface area contributed by atoms with Crippen LogP contribution >= 0.6 is 0 Å². The third-order valence-corrected chi connectivity index (χ3v) is 5.11. The molecule has 0 saturated heterocycles. The second-order valence-electron chi connectivity index (χ2n) is 7.67. The van der Waals surface area contributed by atoms with Gasteiger partial charge in [-0.3, -0.25) is 9.78 Å². The van der Waals surface area contributed by atoms with Gasteiger partial charge < -0.3 is 4.74 Å². The summed E-state index contributed by atoms with van der Waals surface area (Å²) in [5.74, 6) is 0.993. The Morgan fingerprint density at radius 3 is 2.52 bits per heavy atom. The molecule has 7 heteroatoms. The number of nitriles is 1. The number of rotatable bonds is 12. The van der Waals surface area contributed by atoms with E-state index in [1.165, 1.54) is 32.1 Å². The van der Waals surface area contributed by atoms with Gasteiger partial charge in [0.1, 0.15) is 17.4 Å². The molecule has 33 heavy (non-hydrogen) atoms. The fourth-order valence-corrected chi connectivity index (χ4v) is 3.33. The number of aromatic amines is 1. The molecule has 0 fully saturated rings. The van der Waals surface area contributed by atoms with Crippen molar-refractivity contribution < 1.29 is 4.74 Å². The van der Waals surface area contributed by atoms with Crippen molar-refractivity contribution in [2.45, 2.75) is 45.4 Å². The Morgan fingerprint density at radius 2 is 1.79 bits per heavy atom. The molecule has 2 N–H and O–H groups in total. The molecule has 1 aromatic heterocycles. The molecular weight excluding hydrogens is 414 g/mol. The van der Waals surface area contributed by atoms with Crippen LogP contribution in [0, 0.1) is 11.3 Å². The third-order valence-electron chi connectivity index (χ3n) is 5.11. The summed E-state index contributed by atoms with van der Waals surface area (Å²) in [4.78, 5) is 19.2. The molecule has 0 radical (unpaired) electrons. The summed E-state index contributed by atoms with van der Waals surface area (Å²) in [6.45, 7) is 2.95. The first kappa shape index (κ1) is 23.7. The lowest BCUT2D eigenvalue weighted by Gasteiger charge is -2.07. The van der Waals surface area contributed by atoms with Crippen LogP contribution in [0.5, 0.6) is 5.75 Å². The van der Waals surface area contributed by atoms with E-state index in [0.717, 1.165) is 24.3 Å². The molecule has 0 aliphatic rings. The van der Waals surface area contributed by atoms with Crippen molar-refractivity contribution in [3.63, 3.8) is 0 Å². The average Bonchev–Trinajstić information content (AvgIpc) is 2.84. The summed E-state index contributed by atoms with van der Waals surface area (Å²) in [6, 6.07) is 18.7. The highest BCUT2D eigenvalue weighted by atomic mass is 16.5. The van der Waals surface area contributed by atoms with Crippen LogP contribution in [0.25, 0.3) is 11.3 Å². The van der Waals surface area contributed by atoms with E-state index in [4.69, 9.17) is 4.74 Å². The van der Waals surface area contributed by atoms with E-state index in [1.807, 2.05) is 48.5 Å². The van der Waals surface area contributed by atoms with Crippen LogP contribution in [-0.4, -0.2) is 22.8 Å². The van der Waals surface area contributed by atoms with Gasteiger partial charge in [0.15, 0.2) is 0 Å². The molecule has 0 aliphatic carbocycles. The number of aromatic nitrogens is 2. The van der Waals surface area contributed by atoms with Crippen molar-refractivity contribution in [1.29, 1.82) is 5.26 Å². The second kappa shape index (κ2) is 12.8. The van der Waals surface area contributed by atoms with Gasteiger partial charge in [-0.1, -0.05) is 69.4 Å². The summed E-state index contributed by atoms with van der Waals surface area (Å²) in [5.41, 5.74) is 4.05. The van der Waals surface area contributed by atoms with Crippen LogP contribution in [-0.2, 0) is 0 Å². The minimum Gasteiger partial charge on any atom is -0.494 e. The van der Waals surface area contributed by atoms with Gasteiger partial charge in [-0.2, -0.15) is 10.4 Å². The highest BCUT2D eigenvalue weighted by Gasteiger charge is 2.12. The summed E-state index contributed by atoms with van der Waals surface area (Å²) >= 11 is 0. The Labute approximate surface area is 194 Å². The molecule has 170 valence electrons. The van der Waals surface area contributed by atoms with Gasteiger partial charge >= 0.3 is 0 Å². The Bertz CT molecular complexity index is 1130. The van der Waals surface area contributed by atoms with Crippen LogP contribution in [0.2, 0.25) is 0 Å². The predicted molar refractivity (Wildman–Crippen MR) is 132 cm³/mol. The molecule has 7 nitrogen and oxygen atoms in total. The van der Waals surface area contributed by atoms with Crippen LogP contribution in [0.15, 0.2) is 64.5 Å². The van der Waals surface area contributed by atoms with Gasteiger partial charge in [0.25, 0.3) is 5.56 Å². The molecule has 0 bridgehead atoms. The number of hydrogen-bond acceptors (Lipinski definition) is 6. The van der Waals surface area contributed by atoms with Crippen molar-refractivity contribution in [3.8, 4) is 23.1 Å². The molecule has 0 saturated carbocycles. The first-order valence-electron chi connectivity index (χ1n) is 11.3. The number of hydrazone groups is 1. The van der Waals surface area contributed by atoms with Crippen molar-refractivity contribution >= 4 is 12.2 Å². The molecule has 0 spiro atoms. The van der Waals surface area contributed by atoms with Crippen LogP contribution in [0.1, 0.15) is 56.6 Å². The highest BCUT2D eigenvalue weighted by Crippen LogP contribution is 2.19. The molecule has 0 amide bonds. The monoisotopic (exact) mass is 443 g/mol. The molecule has 3 rings (SSSR count). The molecule has 3 aromatic rings. The first-order valence-corrected chi connectivity index (χ1v) is 11.3. The molecular formula is C26H29N5O2. The maximum atomic E-state index is 12.3. The number of nitrogens with one attached hydrogen (secondary N) is 2. The zero-order valence-electron chi connectivity index (χ0n) is 18.9. The van der Waals surface area contributed by atoms with Crippen LogP contribution in [0.3, 0.4) is 0 Å². The zero-order valence-corrected chi connectivity index (χ0v) is 18.9. The van der Waals surface area contributed by atoms with E-state index in [0.29, 0.717) is 11.3 Å². The van der Waals surface area contributed by atoms with Crippen molar-refractivity contribution in [3.05, 3.63) is 76.1 Å². The molecule has 2 aromatic carbocycles. The van der Waals surface area contributed by atoms with Crippen LogP contribution in [0.4, 0.5) is 5.95 Å². The highest BCUT2D eigenvalue weighted by molar-refractivity contribution is 5.80. The average molecular weight is 444 g/mol. The zero-order chi connectivity index (χ0) is 23.3. The maximum absolute atomic E-state index is 12.3. The lowest BCUT2D eigenvalue weighted by atomic mass is 10.1. The Hall–Kier alpha value is -3.92. The normalized spacial score (nSPS) is 10.8. The summed E-state index contributed by atoms with van der Waals surface area (Å²) in [7, 11) is 0. The maximum Gasteiger partial charge on any atom is 0.270 e. The van der Waals surface area contributed by atoms with E-state index >= 15 is 0 Å². The number of unbranched alkanes of at least 4 members (excludes halogenated alkanes) is 5. The van der Waals surface area contributed by atoms with Gasteiger partial charge in [0, 0.05) is 5.56 Å². The van der Waals surface area contributed by atoms with Crippen LogP contribution < -0.4 is 15.7 Å². The minimum atomic E-state index is -0.518. The number of anilines is 1. The fraction of sp³-hybridized carbons (Fsp3) is 0.308. The number of H-pyrrole nitrogens is 1. The SMILES string of the molecule is CCCCCCCCOc1ccc(C=NNc2nc(-c3ccccc3)c(C#N)c(=O)[nH]2)cc1. The van der Waals surface area contributed by atoms with Gasteiger partial charge in [0.2, 0.25) is 5.95 Å². The standard InChI is InChI=1S/C26H29N5O2/c1-2-3-4-5-6-10-17-33-22-15-13-20(14-16-22)19-28-31-26-29-24(21-11-8-7-9-12-21)23(18-27)25(32)30-26/h7-9,11-16,19H,2-6,10,17H2,1H3,(H2,29,30,31,32). The topological polar surface area (TPSA) is 103 Å². The number of hydrogen-bond donors (Lipinski definition) is 2. The molecule has 0 atom stereocenters. The second-order valence-corrected chi connectivity index (χ2v) is 7.67. The van der Waals surface area contributed by atoms with E-state index in [-0.39, 0.29) is 11.5 Å². The van der Waals surface area contributed by atoms with Crippen molar-refractivity contribution in [2.24, 2.45) is 5.10 Å². The Balaban J connectivity index is 1.55. The third kappa shape index (κ3) is 7.32. The van der Waals surface area contributed by atoms with Gasteiger partial charge in [-0.05, 0) is 36.2 Å². The fourth-order valence-electron chi connectivity index (χ4n) is 3.33. The lowest BCUT2D eigenvalue weighted by molar-refractivity contribution is 0.304. The Morgan fingerprint density at radius 1 is 1.06 bits per heavy atom. The van der Waals surface area contributed by atoms with Gasteiger partial charge in [-0.25, -0.2) is 10.4 Å². The lowest BCUT2D eigenvalue weighted by Crippen LogP contribution is -2.16. The Kier molecular flexibility index (Phi) is 9.22. The first-order chi connectivity index (χ1) is 16.2. The minimum absolute atomic E-state index is 0.0349. The van der Waals surface area contributed by atoms with E-state index in [2.05, 4.69) is 27.4 Å². The van der Waals surface area contributed by atoms with E-state index in [9.17, 15) is 10.1 Å². The summed E-state index contributed by atoms with van der Waals surface area (Å²) in [6.07, 6.45) is 9.04. The van der Waals surface area contributed by atoms with E-state index < -0.39 is 5.56 Å². The van der Waals surface area contributed by atoms with Crippen molar-refractivity contribution in [2.75, 3.05) is 12.0 Å². The molecule has 0 unspecified atom stereocenters.